The molecule has 0 bridgehead atoms. The van der Waals surface area contributed by atoms with Crippen molar-refractivity contribution < 1.29 is 4.79 Å². The maximum absolute atomic E-state index is 11.5. The molecule has 0 aliphatic carbocycles. The fraction of sp³-hybridized carbons (Fsp3) is 0.300. The van der Waals surface area contributed by atoms with Crippen molar-refractivity contribution in [1.29, 1.82) is 0 Å². The van der Waals surface area contributed by atoms with Gasteiger partial charge in [0.25, 0.3) is 0 Å². The fourth-order valence-electron chi connectivity index (χ4n) is 1.41. The van der Waals surface area contributed by atoms with Crippen LogP contribution in [0.2, 0.25) is 0 Å². The summed E-state index contributed by atoms with van der Waals surface area (Å²) in [6, 6.07) is 5.94. The molecule has 1 unspecified atom stereocenters. The number of carbonyl (C=O) groups is 1. The molecule has 0 saturated heterocycles. The summed E-state index contributed by atoms with van der Waals surface area (Å²) in [7, 11) is 0. The van der Waals surface area contributed by atoms with Crippen LogP contribution in [0.5, 0.6) is 0 Å². The normalized spacial score (nSPS) is 19.3. The van der Waals surface area contributed by atoms with Gasteiger partial charge in [-0.1, -0.05) is 0 Å². The lowest BCUT2D eigenvalue weighted by Gasteiger charge is -2.21. The second kappa shape index (κ2) is 4.37. The summed E-state index contributed by atoms with van der Waals surface area (Å²) in [6.45, 7) is 1.91. The lowest BCUT2D eigenvalue weighted by molar-refractivity contribution is -0.115. The molecule has 2 N–H and O–H groups in total. The summed E-state index contributed by atoms with van der Waals surface area (Å²) in [6.07, 6.45) is 0. The molecule has 1 heterocycles. The summed E-state index contributed by atoms with van der Waals surface area (Å²) in [5.74, 6) is 0.645. The van der Waals surface area contributed by atoms with Crippen LogP contribution in [0.25, 0.3) is 0 Å². The van der Waals surface area contributed by atoms with Gasteiger partial charge in [0.1, 0.15) is 0 Å². The van der Waals surface area contributed by atoms with Gasteiger partial charge in [-0.2, -0.15) is 12.6 Å². The highest BCUT2D eigenvalue weighted by Gasteiger charge is 2.22. The number of amides is 1. The van der Waals surface area contributed by atoms with Crippen molar-refractivity contribution in [2.75, 3.05) is 16.5 Å². The van der Waals surface area contributed by atoms with Crippen molar-refractivity contribution in [2.24, 2.45) is 0 Å². The van der Waals surface area contributed by atoms with Crippen LogP contribution in [-0.2, 0) is 4.79 Å². The van der Waals surface area contributed by atoms with E-state index in [0.717, 1.165) is 16.3 Å². The third-order valence-electron chi connectivity index (χ3n) is 2.19. The maximum Gasteiger partial charge on any atom is 0.237 e. The Balaban J connectivity index is 2.29. The zero-order chi connectivity index (χ0) is 10.8. The van der Waals surface area contributed by atoms with Gasteiger partial charge in [0, 0.05) is 10.6 Å². The number of hydrogen-bond donors (Lipinski definition) is 3. The standard InChI is InChI=1S/C10H12N2OS2/c1-6-10(13)12-8-4-7(11-5-14)2-3-9(8)15-6/h2-4,6,11,14H,5H2,1H3,(H,12,13). The van der Waals surface area contributed by atoms with Gasteiger partial charge >= 0.3 is 0 Å². The molecule has 0 saturated carbocycles. The summed E-state index contributed by atoms with van der Waals surface area (Å²) in [4.78, 5) is 12.6. The van der Waals surface area contributed by atoms with Gasteiger partial charge in [0.15, 0.2) is 0 Å². The number of nitrogens with one attached hydrogen (secondary N) is 2. The van der Waals surface area contributed by atoms with E-state index in [0.29, 0.717) is 5.88 Å². The molecule has 15 heavy (non-hydrogen) atoms. The van der Waals surface area contributed by atoms with E-state index in [4.69, 9.17) is 0 Å². The van der Waals surface area contributed by atoms with E-state index in [9.17, 15) is 4.79 Å². The Kier molecular flexibility index (Phi) is 3.11. The zero-order valence-corrected chi connectivity index (χ0v) is 9.99. The largest absolute Gasteiger partial charge is 0.376 e. The van der Waals surface area contributed by atoms with E-state index in [-0.39, 0.29) is 11.2 Å². The number of carbonyl (C=O) groups excluding carboxylic acids is 1. The first-order valence-corrected chi connectivity index (χ1v) is 6.18. The highest BCUT2D eigenvalue weighted by atomic mass is 32.2. The summed E-state index contributed by atoms with van der Waals surface area (Å²) < 4.78 is 0. The van der Waals surface area contributed by atoms with Crippen LogP contribution in [-0.4, -0.2) is 17.0 Å². The van der Waals surface area contributed by atoms with E-state index >= 15 is 0 Å². The molecule has 1 aromatic carbocycles. The SMILES string of the molecule is CC1Sc2ccc(NCS)cc2NC1=O. The fourth-order valence-corrected chi connectivity index (χ4v) is 2.52. The van der Waals surface area contributed by atoms with Gasteiger partial charge in [-0.25, -0.2) is 0 Å². The summed E-state index contributed by atoms with van der Waals surface area (Å²) in [5.41, 5.74) is 1.86. The van der Waals surface area contributed by atoms with Crippen LogP contribution in [0.3, 0.4) is 0 Å². The molecule has 1 atom stereocenters. The van der Waals surface area contributed by atoms with Gasteiger partial charge in [-0.3, -0.25) is 4.79 Å². The van der Waals surface area contributed by atoms with Crippen LogP contribution in [0.15, 0.2) is 23.1 Å². The predicted molar refractivity (Wildman–Crippen MR) is 67.9 cm³/mol. The van der Waals surface area contributed by atoms with Crippen molar-refractivity contribution in [3.8, 4) is 0 Å². The Hall–Kier alpha value is -0.810. The van der Waals surface area contributed by atoms with Crippen LogP contribution in [0, 0.1) is 0 Å². The molecule has 1 aliphatic heterocycles. The van der Waals surface area contributed by atoms with Crippen molar-refractivity contribution in [3.05, 3.63) is 18.2 Å². The van der Waals surface area contributed by atoms with Crippen molar-refractivity contribution in [2.45, 2.75) is 17.1 Å². The first-order chi connectivity index (χ1) is 7.20. The number of fused-ring (bicyclic) bond motifs is 1. The number of hydrogen-bond acceptors (Lipinski definition) is 4. The van der Waals surface area contributed by atoms with Crippen LogP contribution in [0.1, 0.15) is 6.92 Å². The molecule has 0 fully saturated rings. The average Bonchev–Trinajstić information content (AvgIpc) is 2.21. The van der Waals surface area contributed by atoms with Gasteiger partial charge < -0.3 is 10.6 Å². The second-order valence-corrected chi connectivity index (χ2v) is 4.99. The number of thioether (sulfide) groups is 1. The van der Waals surface area contributed by atoms with E-state index in [1.165, 1.54) is 0 Å². The Morgan fingerprint density at radius 2 is 2.40 bits per heavy atom. The summed E-state index contributed by atoms with van der Waals surface area (Å²) >= 11 is 5.67. The lowest BCUT2D eigenvalue weighted by atomic mass is 10.2. The molecule has 80 valence electrons. The highest BCUT2D eigenvalue weighted by molar-refractivity contribution is 8.00. The number of benzene rings is 1. The number of anilines is 2. The second-order valence-electron chi connectivity index (χ2n) is 3.30. The third-order valence-corrected chi connectivity index (χ3v) is 3.53. The molecule has 5 heteroatoms. The lowest BCUT2D eigenvalue weighted by Crippen LogP contribution is -2.26. The van der Waals surface area contributed by atoms with E-state index in [1.54, 1.807) is 11.8 Å². The molecule has 2 rings (SSSR count). The van der Waals surface area contributed by atoms with E-state index in [2.05, 4.69) is 23.3 Å². The van der Waals surface area contributed by atoms with Crippen LogP contribution < -0.4 is 10.6 Å². The van der Waals surface area contributed by atoms with Crippen molar-refractivity contribution in [3.63, 3.8) is 0 Å². The van der Waals surface area contributed by atoms with Gasteiger partial charge in [-0.05, 0) is 25.1 Å². The Labute approximate surface area is 98.4 Å². The van der Waals surface area contributed by atoms with Gasteiger partial charge in [0.2, 0.25) is 5.91 Å². The van der Waals surface area contributed by atoms with Gasteiger partial charge in [0.05, 0.1) is 16.8 Å². The molecule has 3 nitrogen and oxygen atoms in total. The molecule has 0 radical (unpaired) electrons. The predicted octanol–water partition coefficient (Wildman–Crippen LogP) is 2.42. The van der Waals surface area contributed by atoms with E-state index in [1.807, 2.05) is 25.1 Å². The molecule has 1 aliphatic rings. The third kappa shape index (κ3) is 2.23. The van der Waals surface area contributed by atoms with Crippen LogP contribution >= 0.6 is 24.4 Å². The topological polar surface area (TPSA) is 41.1 Å². The molecule has 0 aromatic heterocycles. The van der Waals surface area contributed by atoms with E-state index < -0.39 is 0 Å². The molecule has 1 amide bonds. The zero-order valence-electron chi connectivity index (χ0n) is 8.28. The summed E-state index contributed by atoms with van der Waals surface area (Å²) in [5, 5.41) is 5.96. The average molecular weight is 240 g/mol. The smallest absolute Gasteiger partial charge is 0.237 e. The quantitative estimate of drug-likeness (QED) is 0.549. The Bertz CT molecular complexity index is 395. The number of thiol groups is 1. The molecular weight excluding hydrogens is 228 g/mol. The first kappa shape index (κ1) is 10.7. The minimum atomic E-state index is -0.0128. The maximum atomic E-state index is 11.5. The highest BCUT2D eigenvalue weighted by Crippen LogP contribution is 2.36. The van der Waals surface area contributed by atoms with Crippen molar-refractivity contribution in [1.82, 2.24) is 0 Å². The Morgan fingerprint density at radius 1 is 1.60 bits per heavy atom. The molecule has 0 spiro atoms. The molecular formula is C10H12N2OS2. The number of rotatable bonds is 2. The minimum absolute atomic E-state index is 0.0128. The monoisotopic (exact) mass is 240 g/mol. The Morgan fingerprint density at radius 3 is 3.13 bits per heavy atom. The van der Waals surface area contributed by atoms with Crippen molar-refractivity contribution >= 4 is 41.7 Å². The molecule has 1 aromatic rings. The van der Waals surface area contributed by atoms with Gasteiger partial charge in [-0.15, -0.1) is 11.8 Å². The minimum Gasteiger partial charge on any atom is -0.376 e. The van der Waals surface area contributed by atoms with Crippen LogP contribution in [0.4, 0.5) is 11.4 Å². The first-order valence-electron chi connectivity index (χ1n) is 4.67.